The number of pyridine rings is 1. The number of amides is 1. The molecule has 2 aromatic rings. The number of aromatic nitrogens is 1. The van der Waals surface area contributed by atoms with Crippen LogP contribution < -0.4 is 0 Å². The van der Waals surface area contributed by atoms with Crippen LogP contribution in [0, 0.1) is 5.92 Å². The first-order chi connectivity index (χ1) is 11.1. The van der Waals surface area contributed by atoms with Crippen LogP contribution in [-0.2, 0) is 14.3 Å². The first-order valence-corrected chi connectivity index (χ1v) is 7.83. The second kappa shape index (κ2) is 6.36. The number of hydrogen-bond acceptors (Lipinski definition) is 4. The van der Waals surface area contributed by atoms with Gasteiger partial charge in [-0.2, -0.15) is 0 Å². The summed E-state index contributed by atoms with van der Waals surface area (Å²) in [4.78, 5) is 30.1. The third kappa shape index (κ3) is 3.04. The topological polar surface area (TPSA) is 59.5 Å². The van der Waals surface area contributed by atoms with Crippen LogP contribution in [0.3, 0.4) is 0 Å². The van der Waals surface area contributed by atoms with Crippen molar-refractivity contribution in [3.63, 3.8) is 0 Å². The third-order valence-corrected chi connectivity index (χ3v) is 4.45. The van der Waals surface area contributed by atoms with Crippen molar-refractivity contribution in [2.24, 2.45) is 5.92 Å². The summed E-state index contributed by atoms with van der Waals surface area (Å²) in [5.41, 5.74) is 1.91. The quantitative estimate of drug-likeness (QED) is 0.600. The van der Waals surface area contributed by atoms with Gasteiger partial charge in [-0.05, 0) is 36.5 Å². The molecule has 5 heteroatoms. The van der Waals surface area contributed by atoms with E-state index in [0.29, 0.717) is 12.5 Å². The van der Waals surface area contributed by atoms with Gasteiger partial charge in [0.1, 0.15) is 0 Å². The molecular formula is C18H20N2O3. The number of benzene rings is 1. The summed E-state index contributed by atoms with van der Waals surface area (Å²) in [6.07, 6.45) is 3.62. The van der Waals surface area contributed by atoms with Gasteiger partial charge in [0.15, 0.2) is 0 Å². The molecule has 2 heterocycles. The lowest BCUT2D eigenvalue weighted by atomic mass is 9.89. The molecule has 1 amide bonds. The number of fused-ring (bicyclic) bond motifs is 1. The van der Waals surface area contributed by atoms with E-state index in [2.05, 4.69) is 16.6 Å². The van der Waals surface area contributed by atoms with Gasteiger partial charge in [0.2, 0.25) is 0 Å². The predicted molar refractivity (Wildman–Crippen MR) is 86.6 cm³/mol. The number of piperidine rings is 1. The highest BCUT2D eigenvalue weighted by Crippen LogP contribution is 2.34. The summed E-state index contributed by atoms with van der Waals surface area (Å²) < 4.78 is 4.61. The normalized spacial score (nSPS) is 21.2. The summed E-state index contributed by atoms with van der Waals surface area (Å²) in [7, 11) is 1.24. The van der Waals surface area contributed by atoms with Gasteiger partial charge < -0.3 is 9.64 Å². The highest BCUT2D eigenvalue weighted by atomic mass is 16.5. The number of hydrogen-bond donors (Lipinski definition) is 0. The lowest BCUT2D eigenvalue weighted by molar-refractivity contribution is -0.160. The highest BCUT2D eigenvalue weighted by molar-refractivity contribution is 6.32. The predicted octanol–water partition coefficient (Wildman–Crippen LogP) is 2.71. The van der Waals surface area contributed by atoms with Gasteiger partial charge >= 0.3 is 11.9 Å². The monoisotopic (exact) mass is 312 g/mol. The van der Waals surface area contributed by atoms with Crippen LogP contribution in [0.15, 0.2) is 36.5 Å². The van der Waals surface area contributed by atoms with Gasteiger partial charge in [-0.3, -0.25) is 9.78 Å². The Morgan fingerprint density at radius 3 is 2.87 bits per heavy atom. The maximum Gasteiger partial charge on any atom is 0.396 e. The van der Waals surface area contributed by atoms with E-state index in [9.17, 15) is 9.59 Å². The second-order valence-corrected chi connectivity index (χ2v) is 6.10. The van der Waals surface area contributed by atoms with Gasteiger partial charge in [0.05, 0.1) is 18.7 Å². The van der Waals surface area contributed by atoms with Crippen LogP contribution in [0.4, 0.5) is 0 Å². The van der Waals surface area contributed by atoms with Crippen LogP contribution in [0.2, 0.25) is 0 Å². The van der Waals surface area contributed by atoms with Gasteiger partial charge in [0, 0.05) is 18.1 Å². The first-order valence-electron chi connectivity index (χ1n) is 7.83. The van der Waals surface area contributed by atoms with E-state index in [1.165, 1.54) is 7.11 Å². The standard InChI is InChI=1S/C18H20N2O3/c1-12-5-8-16(20(11-12)17(21)18(22)23-2)14-7-6-13-4-3-9-19-15(13)10-14/h3-4,6-7,9-10,12,16H,5,8,11H2,1-2H3. The average Bonchev–Trinajstić information content (AvgIpc) is 2.60. The van der Waals surface area contributed by atoms with Gasteiger partial charge in [-0.15, -0.1) is 0 Å². The van der Waals surface area contributed by atoms with Crippen molar-refractivity contribution in [1.29, 1.82) is 0 Å². The molecule has 0 spiro atoms. The number of esters is 1. The first kappa shape index (κ1) is 15.5. The van der Waals surface area contributed by atoms with E-state index < -0.39 is 11.9 Å². The lowest BCUT2D eigenvalue weighted by Crippen LogP contribution is -2.45. The SMILES string of the molecule is COC(=O)C(=O)N1CC(C)CCC1c1ccc2cccnc2c1. The van der Waals surface area contributed by atoms with Crippen molar-refractivity contribution in [3.8, 4) is 0 Å². The van der Waals surface area contributed by atoms with Gasteiger partial charge in [-0.25, -0.2) is 4.79 Å². The largest absolute Gasteiger partial charge is 0.462 e. The molecule has 5 nitrogen and oxygen atoms in total. The minimum Gasteiger partial charge on any atom is -0.462 e. The van der Waals surface area contributed by atoms with E-state index in [-0.39, 0.29) is 6.04 Å². The van der Waals surface area contributed by atoms with Crippen LogP contribution in [-0.4, -0.2) is 35.4 Å². The Morgan fingerprint density at radius 1 is 1.26 bits per heavy atom. The van der Waals surface area contributed by atoms with E-state index in [0.717, 1.165) is 29.3 Å². The summed E-state index contributed by atoms with van der Waals surface area (Å²) in [5, 5.41) is 1.06. The Morgan fingerprint density at radius 2 is 2.09 bits per heavy atom. The zero-order chi connectivity index (χ0) is 16.4. The summed E-state index contributed by atoms with van der Waals surface area (Å²) in [6, 6.07) is 9.83. The Labute approximate surface area is 135 Å². The minimum atomic E-state index is -0.803. The molecule has 0 radical (unpaired) electrons. The summed E-state index contributed by atoms with van der Waals surface area (Å²) in [6.45, 7) is 2.66. The Hall–Kier alpha value is -2.43. The molecular weight excluding hydrogens is 292 g/mol. The van der Waals surface area contributed by atoms with Crippen molar-refractivity contribution < 1.29 is 14.3 Å². The fourth-order valence-electron chi connectivity index (χ4n) is 3.22. The third-order valence-electron chi connectivity index (χ3n) is 4.45. The summed E-state index contributed by atoms with van der Waals surface area (Å²) >= 11 is 0. The maximum absolute atomic E-state index is 12.4. The average molecular weight is 312 g/mol. The number of ether oxygens (including phenoxy) is 1. The molecule has 3 rings (SSSR count). The molecule has 0 bridgehead atoms. The minimum absolute atomic E-state index is 0.107. The van der Waals surface area contributed by atoms with Crippen LogP contribution >= 0.6 is 0 Å². The highest BCUT2D eigenvalue weighted by Gasteiger charge is 2.34. The van der Waals surface area contributed by atoms with Gasteiger partial charge in [0.25, 0.3) is 0 Å². The Bertz CT molecular complexity index is 744. The zero-order valence-electron chi connectivity index (χ0n) is 13.4. The Balaban J connectivity index is 1.96. The molecule has 1 aliphatic rings. The van der Waals surface area contributed by atoms with Gasteiger partial charge in [-0.1, -0.05) is 25.1 Å². The molecule has 1 saturated heterocycles. The number of nitrogens with zero attached hydrogens (tertiary/aromatic N) is 2. The molecule has 2 unspecified atom stereocenters. The van der Waals surface area contributed by atoms with E-state index >= 15 is 0 Å². The summed E-state index contributed by atoms with van der Waals surface area (Å²) in [5.74, 6) is -0.994. The van der Waals surface area contributed by atoms with Crippen molar-refractivity contribution in [2.45, 2.75) is 25.8 Å². The van der Waals surface area contributed by atoms with Crippen LogP contribution in [0.5, 0.6) is 0 Å². The van der Waals surface area contributed by atoms with E-state index in [1.807, 2.05) is 30.3 Å². The number of methoxy groups -OCH3 is 1. The Kier molecular flexibility index (Phi) is 4.28. The fourth-order valence-corrected chi connectivity index (χ4v) is 3.22. The molecule has 1 aromatic carbocycles. The van der Waals surface area contributed by atoms with Crippen molar-refractivity contribution >= 4 is 22.8 Å². The number of carbonyl (C=O) groups is 2. The van der Waals surface area contributed by atoms with E-state index in [4.69, 9.17) is 0 Å². The molecule has 2 atom stereocenters. The lowest BCUT2D eigenvalue weighted by Gasteiger charge is -2.38. The van der Waals surface area contributed by atoms with Crippen molar-refractivity contribution in [1.82, 2.24) is 9.88 Å². The number of rotatable bonds is 1. The molecule has 1 aromatic heterocycles. The fraction of sp³-hybridized carbons (Fsp3) is 0.389. The molecule has 1 fully saturated rings. The maximum atomic E-state index is 12.4. The molecule has 0 saturated carbocycles. The second-order valence-electron chi connectivity index (χ2n) is 6.10. The molecule has 0 N–H and O–H groups in total. The molecule has 0 aliphatic carbocycles. The molecule has 1 aliphatic heterocycles. The van der Waals surface area contributed by atoms with Crippen LogP contribution in [0.25, 0.3) is 10.9 Å². The number of likely N-dealkylation sites (tertiary alicyclic amines) is 1. The zero-order valence-corrected chi connectivity index (χ0v) is 13.4. The smallest absolute Gasteiger partial charge is 0.396 e. The van der Waals surface area contributed by atoms with Crippen molar-refractivity contribution in [2.75, 3.05) is 13.7 Å². The molecule has 120 valence electrons. The van der Waals surface area contributed by atoms with Crippen LogP contribution in [0.1, 0.15) is 31.4 Å². The number of carbonyl (C=O) groups excluding carboxylic acids is 2. The molecule has 23 heavy (non-hydrogen) atoms. The van der Waals surface area contributed by atoms with E-state index in [1.54, 1.807) is 11.1 Å². The van der Waals surface area contributed by atoms with Crippen molar-refractivity contribution in [3.05, 3.63) is 42.1 Å².